The van der Waals surface area contributed by atoms with Crippen molar-refractivity contribution < 1.29 is 18.9 Å². The van der Waals surface area contributed by atoms with Gasteiger partial charge in [-0.25, -0.2) is 0 Å². The highest BCUT2D eigenvalue weighted by Gasteiger charge is 2.38. The average Bonchev–Trinajstić information content (AvgIpc) is 3.35. The number of rotatable bonds is 8. The van der Waals surface area contributed by atoms with Gasteiger partial charge in [0, 0.05) is 6.61 Å². The lowest BCUT2D eigenvalue weighted by atomic mass is 9.80. The first-order valence-electron chi connectivity index (χ1n) is 10.4. The number of methoxy groups -OCH3 is 2. The summed E-state index contributed by atoms with van der Waals surface area (Å²) in [5, 5.41) is 0. The van der Waals surface area contributed by atoms with Gasteiger partial charge in [0.15, 0.2) is 0 Å². The first-order chi connectivity index (χ1) is 14.8. The zero-order valence-electron chi connectivity index (χ0n) is 17.5. The minimum absolute atomic E-state index is 0.115. The van der Waals surface area contributed by atoms with Gasteiger partial charge in [-0.3, -0.25) is 0 Å². The Bertz CT molecular complexity index is 866. The van der Waals surface area contributed by atoms with E-state index in [2.05, 4.69) is 36.4 Å². The van der Waals surface area contributed by atoms with Crippen LogP contribution in [0, 0.1) is 0 Å². The highest BCUT2D eigenvalue weighted by atomic mass is 16.5. The smallest absolute Gasteiger partial charge is 0.143 e. The molecule has 30 heavy (non-hydrogen) atoms. The summed E-state index contributed by atoms with van der Waals surface area (Å²) in [6.07, 6.45) is 2.22. The van der Waals surface area contributed by atoms with Crippen LogP contribution >= 0.6 is 0 Å². The molecule has 0 aromatic heterocycles. The molecular weight excluding hydrogens is 376 g/mol. The molecule has 0 bridgehead atoms. The van der Waals surface area contributed by atoms with Crippen molar-refractivity contribution in [3.63, 3.8) is 0 Å². The first kappa shape index (κ1) is 20.5. The fourth-order valence-corrected chi connectivity index (χ4v) is 4.07. The average molecular weight is 405 g/mol. The van der Waals surface area contributed by atoms with Crippen molar-refractivity contribution in [2.24, 2.45) is 0 Å². The lowest BCUT2D eigenvalue weighted by Gasteiger charge is -2.36. The van der Waals surface area contributed by atoms with Gasteiger partial charge in [-0.2, -0.15) is 0 Å². The third-order valence-electron chi connectivity index (χ3n) is 5.68. The Balaban J connectivity index is 1.85. The Labute approximate surface area is 178 Å². The molecule has 4 rings (SSSR count). The van der Waals surface area contributed by atoms with Gasteiger partial charge in [0.2, 0.25) is 0 Å². The molecule has 0 spiro atoms. The predicted octanol–water partition coefficient (Wildman–Crippen LogP) is 5.19. The Morgan fingerprint density at radius 2 is 1.30 bits per heavy atom. The van der Waals surface area contributed by atoms with Crippen molar-refractivity contribution in [2.75, 3.05) is 27.4 Å². The molecule has 4 heteroatoms. The zero-order valence-corrected chi connectivity index (χ0v) is 17.5. The van der Waals surface area contributed by atoms with Crippen LogP contribution < -0.4 is 9.47 Å². The number of ether oxygens (including phenoxy) is 4. The molecule has 3 aromatic carbocycles. The zero-order chi connectivity index (χ0) is 20.8. The highest BCUT2D eigenvalue weighted by Crippen LogP contribution is 2.42. The Kier molecular flexibility index (Phi) is 6.36. The minimum atomic E-state index is -0.772. The van der Waals surface area contributed by atoms with E-state index >= 15 is 0 Å². The molecule has 1 fully saturated rings. The molecule has 0 amide bonds. The minimum Gasteiger partial charge on any atom is -0.497 e. The number of hydrogen-bond acceptors (Lipinski definition) is 4. The van der Waals surface area contributed by atoms with Crippen LogP contribution in [0.2, 0.25) is 0 Å². The molecule has 0 saturated carbocycles. The van der Waals surface area contributed by atoms with Crippen LogP contribution in [0.1, 0.15) is 29.5 Å². The van der Waals surface area contributed by atoms with E-state index in [0.29, 0.717) is 6.61 Å². The van der Waals surface area contributed by atoms with Gasteiger partial charge in [-0.1, -0.05) is 54.6 Å². The van der Waals surface area contributed by atoms with Crippen molar-refractivity contribution >= 4 is 0 Å². The number of benzene rings is 3. The predicted molar refractivity (Wildman–Crippen MR) is 117 cm³/mol. The first-order valence-corrected chi connectivity index (χ1v) is 10.4. The van der Waals surface area contributed by atoms with Crippen molar-refractivity contribution in [1.29, 1.82) is 0 Å². The van der Waals surface area contributed by atoms with Crippen LogP contribution in [0.3, 0.4) is 0 Å². The van der Waals surface area contributed by atoms with Gasteiger partial charge >= 0.3 is 0 Å². The normalized spacial score (nSPS) is 16.4. The molecule has 3 aromatic rings. The monoisotopic (exact) mass is 404 g/mol. The summed E-state index contributed by atoms with van der Waals surface area (Å²) in [6.45, 7) is 1.32. The molecule has 0 N–H and O–H groups in total. The van der Waals surface area contributed by atoms with E-state index in [-0.39, 0.29) is 6.10 Å². The molecule has 1 aliphatic rings. The van der Waals surface area contributed by atoms with Crippen LogP contribution in [0.5, 0.6) is 11.5 Å². The maximum atomic E-state index is 6.81. The molecule has 1 unspecified atom stereocenters. The summed E-state index contributed by atoms with van der Waals surface area (Å²) in [6, 6.07) is 26.6. The second kappa shape index (κ2) is 9.33. The second-order valence-electron chi connectivity index (χ2n) is 7.45. The molecule has 1 heterocycles. The van der Waals surface area contributed by atoms with Crippen LogP contribution in [-0.4, -0.2) is 33.5 Å². The molecule has 1 saturated heterocycles. The van der Waals surface area contributed by atoms with Crippen LogP contribution in [0.25, 0.3) is 0 Å². The summed E-state index contributed by atoms with van der Waals surface area (Å²) in [5.74, 6) is 1.63. The topological polar surface area (TPSA) is 36.9 Å². The van der Waals surface area contributed by atoms with Crippen molar-refractivity contribution in [3.05, 3.63) is 95.6 Å². The summed E-state index contributed by atoms with van der Waals surface area (Å²) < 4.78 is 23.5. The van der Waals surface area contributed by atoms with Gasteiger partial charge < -0.3 is 18.9 Å². The van der Waals surface area contributed by atoms with Crippen LogP contribution in [0.4, 0.5) is 0 Å². The van der Waals surface area contributed by atoms with E-state index < -0.39 is 5.60 Å². The summed E-state index contributed by atoms with van der Waals surface area (Å²) in [5.41, 5.74) is 2.37. The van der Waals surface area contributed by atoms with Gasteiger partial charge in [-0.05, 0) is 53.8 Å². The Morgan fingerprint density at radius 1 is 0.767 bits per heavy atom. The van der Waals surface area contributed by atoms with Crippen LogP contribution in [-0.2, 0) is 15.1 Å². The lowest BCUT2D eigenvalue weighted by molar-refractivity contribution is -0.0456. The van der Waals surface area contributed by atoms with E-state index in [0.717, 1.165) is 47.6 Å². The molecule has 1 aliphatic heterocycles. The number of hydrogen-bond donors (Lipinski definition) is 0. The lowest BCUT2D eigenvalue weighted by Crippen LogP contribution is -2.35. The van der Waals surface area contributed by atoms with Crippen molar-refractivity contribution in [1.82, 2.24) is 0 Å². The summed E-state index contributed by atoms with van der Waals surface area (Å²) in [4.78, 5) is 0. The molecule has 0 radical (unpaired) electrons. The fraction of sp³-hybridized carbons (Fsp3) is 0.308. The largest absolute Gasteiger partial charge is 0.497 e. The molecular formula is C26H28O4. The van der Waals surface area contributed by atoms with E-state index in [1.54, 1.807) is 14.2 Å². The summed E-state index contributed by atoms with van der Waals surface area (Å²) >= 11 is 0. The molecule has 156 valence electrons. The maximum Gasteiger partial charge on any atom is 0.143 e. The molecule has 4 nitrogen and oxygen atoms in total. The second-order valence-corrected chi connectivity index (χ2v) is 7.45. The third-order valence-corrected chi connectivity index (χ3v) is 5.68. The fourth-order valence-electron chi connectivity index (χ4n) is 4.07. The Morgan fingerprint density at radius 3 is 1.77 bits per heavy atom. The quantitative estimate of drug-likeness (QED) is 0.484. The van der Waals surface area contributed by atoms with Crippen molar-refractivity contribution in [2.45, 2.75) is 24.5 Å². The standard InChI is InChI=1S/C26H28O4/c1-27-23-14-10-21(11-15-23)26(20-7-4-3-5-8-20,30-19-25-9-6-18-29-25)22-12-16-24(28-2)17-13-22/h3-5,7-8,10-17,25H,6,9,18-19H2,1-2H3. The van der Waals surface area contributed by atoms with E-state index in [1.807, 2.05) is 42.5 Å². The van der Waals surface area contributed by atoms with Gasteiger partial charge in [0.05, 0.1) is 26.9 Å². The maximum absolute atomic E-state index is 6.81. The highest BCUT2D eigenvalue weighted by molar-refractivity contribution is 5.49. The summed E-state index contributed by atoms with van der Waals surface area (Å²) in [7, 11) is 3.35. The van der Waals surface area contributed by atoms with E-state index in [4.69, 9.17) is 18.9 Å². The SMILES string of the molecule is COc1ccc(C(OCC2CCCO2)(c2ccccc2)c2ccc(OC)cc2)cc1. The molecule has 0 aliphatic carbocycles. The van der Waals surface area contributed by atoms with Gasteiger partial charge in [0.25, 0.3) is 0 Å². The van der Waals surface area contributed by atoms with Crippen molar-refractivity contribution in [3.8, 4) is 11.5 Å². The van der Waals surface area contributed by atoms with Gasteiger partial charge in [0.1, 0.15) is 17.1 Å². The third kappa shape index (κ3) is 4.07. The Hall–Kier alpha value is -2.82. The van der Waals surface area contributed by atoms with E-state index in [9.17, 15) is 0 Å². The van der Waals surface area contributed by atoms with Crippen LogP contribution in [0.15, 0.2) is 78.9 Å². The van der Waals surface area contributed by atoms with E-state index in [1.165, 1.54) is 0 Å². The molecule has 1 atom stereocenters. The van der Waals surface area contributed by atoms with Gasteiger partial charge in [-0.15, -0.1) is 0 Å².